The molecular weight excluding hydrogens is 368 g/mol. The van der Waals surface area contributed by atoms with Crippen molar-refractivity contribution in [1.29, 1.82) is 0 Å². The van der Waals surface area contributed by atoms with Crippen molar-refractivity contribution in [1.82, 2.24) is 10.5 Å². The molecule has 0 radical (unpaired) electrons. The fourth-order valence-electron chi connectivity index (χ4n) is 2.94. The van der Waals surface area contributed by atoms with Gasteiger partial charge in [-0.25, -0.2) is 0 Å². The summed E-state index contributed by atoms with van der Waals surface area (Å²) < 4.78 is 16.1. The maximum Gasteiger partial charge on any atom is 0.220 e. The summed E-state index contributed by atoms with van der Waals surface area (Å²) in [5.41, 5.74) is 3.17. The molecule has 0 unspecified atom stereocenters. The van der Waals surface area contributed by atoms with Crippen LogP contribution in [0.25, 0.3) is 0 Å². The van der Waals surface area contributed by atoms with Gasteiger partial charge in [-0.05, 0) is 42.5 Å². The van der Waals surface area contributed by atoms with Crippen LogP contribution in [0.4, 0.5) is 0 Å². The molecule has 1 amide bonds. The molecule has 1 aromatic heterocycles. The van der Waals surface area contributed by atoms with Crippen LogP contribution in [0, 0.1) is 0 Å². The molecule has 0 aliphatic heterocycles. The Balaban J connectivity index is 1.45. The van der Waals surface area contributed by atoms with Gasteiger partial charge in [0, 0.05) is 18.5 Å². The van der Waals surface area contributed by atoms with Crippen LogP contribution >= 0.6 is 0 Å². The van der Waals surface area contributed by atoms with Crippen LogP contribution in [-0.4, -0.2) is 24.7 Å². The van der Waals surface area contributed by atoms with Crippen molar-refractivity contribution in [3.05, 3.63) is 77.7 Å². The summed E-state index contributed by atoms with van der Waals surface area (Å²) in [4.78, 5) is 12.1. The highest BCUT2D eigenvalue weighted by Crippen LogP contribution is 2.29. The Labute approximate surface area is 170 Å². The number of nitrogens with zero attached hydrogens (tertiary/aromatic N) is 1. The highest BCUT2D eigenvalue weighted by molar-refractivity contribution is 5.76. The lowest BCUT2D eigenvalue weighted by molar-refractivity contribution is -0.121. The highest BCUT2D eigenvalue weighted by atomic mass is 16.5. The number of carbonyl (C=O) groups is 1. The van der Waals surface area contributed by atoms with Crippen LogP contribution in [0.3, 0.4) is 0 Å². The van der Waals surface area contributed by atoms with E-state index in [2.05, 4.69) is 10.5 Å². The van der Waals surface area contributed by atoms with Gasteiger partial charge in [-0.3, -0.25) is 4.79 Å². The summed E-state index contributed by atoms with van der Waals surface area (Å²) in [6, 6.07) is 15.8. The first-order valence-corrected chi connectivity index (χ1v) is 9.73. The molecule has 6 heteroatoms. The van der Waals surface area contributed by atoms with E-state index >= 15 is 0 Å². The van der Waals surface area contributed by atoms with Crippen molar-refractivity contribution in [2.24, 2.45) is 0 Å². The molecule has 29 heavy (non-hydrogen) atoms. The zero-order valence-corrected chi connectivity index (χ0v) is 16.6. The van der Waals surface area contributed by atoms with Crippen molar-refractivity contribution in [3.63, 3.8) is 0 Å². The second-order valence-electron chi connectivity index (χ2n) is 6.75. The molecule has 0 spiro atoms. The van der Waals surface area contributed by atoms with Crippen LogP contribution in [0.2, 0.25) is 0 Å². The monoisotopic (exact) mass is 394 g/mol. The second kappa shape index (κ2) is 10.9. The van der Waals surface area contributed by atoms with Crippen molar-refractivity contribution in [2.45, 2.75) is 32.3 Å². The Kier molecular flexibility index (Phi) is 7.69. The first-order valence-electron chi connectivity index (χ1n) is 9.73. The molecule has 2 aromatic carbocycles. The van der Waals surface area contributed by atoms with E-state index in [-0.39, 0.29) is 5.91 Å². The van der Waals surface area contributed by atoms with Crippen LogP contribution in [0.15, 0.2) is 65.5 Å². The lowest BCUT2D eigenvalue weighted by Gasteiger charge is -2.12. The van der Waals surface area contributed by atoms with Gasteiger partial charge in [0.05, 0.1) is 13.3 Å². The summed E-state index contributed by atoms with van der Waals surface area (Å²) in [5.74, 6) is 1.41. The van der Waals surface area contributed by atoms with Crippen molar-refractivity contribution in [2.75, 3.05) is 13.7 Å². The van der Waals surface area contributed by atoms with Gasteiger partial charge in [-0.15, -0.1) is 0 Å². The number of ether oxygens (including phenoxy) is 2. The van der Waals surface area contributed by atoms with Crippen LogP contribution in [-0.2, 0) is 24.2 Å². The third kappa shape index (κ3) is 6.68. The number of hydrogen-bond donors (Lipinski definition) is 1. The Hall–Kier alpha value is -3.28. The van der Waals surface area contributed by atoms with Gasteiger partial charge in [-0.2, -0.15) is 0 Å². The molecular formula is C23H26N2O4. The predicted molar refractivity (Wildman–Crippen MR) is 110 cm³/mol. The van der Waals surface area contributed by atoms with E-state index in [4.69, 9.17) is 14.0 Å². The number of hydrogen-bond acceptors (Lipinski definition) is 5. The molecule has 152 valence electrons. The first kappa shape index (κ1) is 20.5. The molecule has 0 atom stereocenters. The number of rotatable bonds is 11. The summed E-state index contributed by atoms with van der Waals surface area (Å²) in [7, 11) is 1.62. The smallest absolute Gasteiger partial charge is 0.220 e. The fourth-order valence-corrected chi connectivity index (χ4v) is 2.94. The SMILES string of the molecule is COc1ccc(CCC(=O)NCCCc2cnoc2)cc1OCc1ccccc1. The van der Waals surface area contributed by atoms with Gasteiger partial charge in [0.1, 0.15) is 12.9 Å². The molecule has 3 aromatic rings. The molecule has 3 rings (SSSR count). The fraction of sp³-hybridized carbons (Fsp3) is 0.304. The van der Waals surface area contributed by atoms with E-state index in [9.17, 15) is 4.79 Å². The average Bonchev–Trinajstić information content (AvgIpc) is 3.28. The largest absolute Gasteiger partial charge is 0.493 e. The Morgan fingerprint density at radius 3 is 2.66 bits per heavy atom. The number of benzene rings is 2. The third-order valence-electron chi connectivity index (χ3n) is 4.55. The van der Waals surface area contributed by atoms with E-state index in [1.807, 2.05) is 48.5 Å². The quantitative estimate of drug-likeness (QED) is 0.499. The van der Waals surface area contributed by atoms with Gasteiger partial charge in [0.15, 0.2) is 11.5 Å². The molecule has 0 aliphatic rings. The summed E-state index contributed by atoms with van der Waals surface area (Å²) in [6.45, 7) is 1.10. The normalized spacial score (nSPS) is 10.5. The summed E-state index contributed by atoms with van der Waals surface area (Å²) >= 11 is 0. The van der Waals surface area contributed by atoms with Crippen LogP contribution < -0.4 is 14.8 Å². The zero-order chi connectivity index (χ0) is 20.3. The van der Waals surface area contributed by atoms with E-state index in [1.165, 1.54) is 0 Å². The molecule has 0 saturated heterocycles. The number of aryl methyl sites for hydroxylation is 2. The lowest BCUT2D eigenvalue weighted by Crippen LogP contribution is -2.24. The predicted octanol–water partition coefficient (Wildman–Crippen LogP) is 3.94. The Morgan fingerprint density at radius 1 is 1.03 bits per heavy atom. The first-order chi connectivity index (χ1) is 14.2. The van der Waals surface area contributed by atoms with Crippen molar-refractivity contribution >= 4 is 5.91 Å². The number of nitrogens with one attached hydrogen (secondary N) is 1. The maximum atomic E-state index is 12.1. The molecule has 6 nitrogen and oxygen atoms in total. The number of amides is 1. The minimum atomic E-state index is 0.0397. The molecule has 0 bridgehead atoms. The van der Waals surface area contributed by atoms with E-state index in [1.54, 1.807) is 19.6 Å². The summed E-state index contributed by atoms with van der Waals surface area (Å²) in [5, 5.41) is 6.62. The molecule has 0 aliphatic carbocycles. The minimum absolute atomic E-state index is 0.0397. The van der Waals surface area contributed by atoms with E-state index in [0.29, 0.717) is 37.5 Å². The van der Waals surface area contributed by atoms with Gasteiger partial charge in [0.25, 0.3) is 0 Å². The highest BCUT2D eigenvalue weighted by Gasteiger charge is 2.08. The number of aromatic nitrogens is 1. The molecule has 0 saturated carbocycles. The third-order valence-corrected chi connectivity index (χ3v) is 4.55. The number of carbonyl (C=O) groups excluding carboxylic acids is 1. The second-order valence-corrected chi connectivity index (χ2v) is 6.75. The van der Waals surface area contributed by atoms with Crippen molar-refractivity contribution < 1.29 is 18.8 Å². The van der Waals surface area contributed by atoms with Gasteiger partial charge >= 0.3 is 0 Å². The van der Waals surface area contributed by atoms with Crippen LogP contribution in [0.5, 0.6) is 11.5 Å². The van der Waals surface area contributed by atoms with Gasteiger partial charge in [-0.1, -0.05) is 41.6 Å². The van der Waals surface area contributed by atoms with Gasteiger partial charge in [0.2, 0.25) is 5.91 Å². The zero-order valence-electron chi connectivity index (χ0n) is 16.6. The van der Waals surface area contributed by atoms with Crippen LogP contribution in [0.1, 0.15) is 29.5 Å². The summed E-state index contributed by atoms with van der Waals surface area (Å²) in [6.07, 6.45) is 6.09. The van der Waals surface area contributed by atoms with Crippen molar-refractivity contribution in [3.8, 4) is 11.5 Å². The average molecular weight is 394 g/mol. The van der Waals surface area contributed by atoms with Gasteiger partial charge < -0.3 is 19.3 Å². The topological polar surface area (TPSA) is 73.6 Å². The Bertz CT molecular complexity index is 879. The van der Waals surface area contributed by atoms with E-state index in [0.717, 1.165) is 29.5 Å². The molecule has 0 fully saturated rings. The molecule has 1 heterocycles. The maximum absolute atomic E-state index is 12.1. The molecule has 1 N–H and O–H groups in total. The Morgan fingerprint density at radius 2 is 1.90 bits per heavy atom. The number of methoxy groups -OCH3 is 1. The minimum Gasteiger partial charge on any atom is -0.493 e. The lowest BCUT2D eigenvalue weighted by atomic mass is 10.1. The van der Waals surface area contributed by atoms with E-state index < -0.39 is 0 Å². The standard InChI is InChI=1S/C23H26N2O4/c1-27-21-11-9-18(14-22(21)28-16-19-6-3-2-4-7-19)10-12-23(26)24-13-5-8-20-15-25-29-17-20/h2-4,6-7,9,11,14-15,17H,5,8,10,12-13,16H2,1H3,(H,24,26).